The fraction of sp³-hybridized carbons (Fsp3) is 0.600. The molecule has 0 aliphatic rings. The minimum absolute atomic E-state index is 0.301. The van der Waals surface area contributed by atoms with Gasteiger partial charge in [0.15, 0.2) is 0 Å². The van der Waals surface area contributed by atoms with Gasteiger partial charge < -0.3 is 5.73 Å². The van der Waals surface area contributed by atoms with E-state index in [-0.39, 0.29) is 0 Å². The lowest BCUT2D eigenvalue weighted by Gasteiger charge is -2.12. The summed E-state index contributed by atoms with van der Waals surface area (Å²) in [5.41, 5.74) is 7.50. The molecule has 1 rings (SSSR count). The van der Waals surface area contributed by atoms with Crippen LogP contribution in [0.5, 0.6) is 0 Å². The zero-order chi connectivity index (χ0) is 12.5. The van der Waals surface area contributed by atoms with Crippen LogP contribution in [0.3, 0.4) is 0 Å². The van der Waals surface area contributed by atoms with Crippen molar-refractivity contribution >= 4 is 15.9 Å². The Hall–Kier alpha value is -0.340. The Bertz CT molecular complexity index is 312. The molecule has 0 aliphatic carbocycles. The van der Waals surface area contributed by atoms with Crippen molar-refractivity contribution in [3.8, 4) is 0 Å². The van der Waals surface area contributed by atoms with Gasteiger partial charge in [-0.1, -0.05) is 73.2 Å². The molecule has 1 aromatic rings. The number of halogens is 1. The third kappa shape index (κ3) is 6.23. The van der Waals surface area contributed by atoms with E-state index in [0.717, 1.165) is 12.8 Å². The van der Waals surface area contributed by atoms with Gasteiger partial charge in [-0.05, 0) is 24.5 Å². The molecule has 0 fully saturated rings. The first-order chi connectivity index (χ1) is 8.24. The number of benzene rings is 1. The molecule has 1 atom stereocenters. The van der Waals surface area contributed by atoms with Gasteiger partial charge in [-0.25, -0.2) is 0 Å². The number of nitrogens with two attached hydrogens (primary N) is 1. The minimum atomic E-state index is 0.301. The predicted octanol–water partition coefficient (Wildman–Crippen LogP) is 4.68. The van der Waals surface area contributed by atoms with Crippen LogP contribution in [0.25, 0.3) is 0 Å². The Morgan fingerprint density at radius 3 is 2.53 bits per heavy atom. The Kier molecular flexibility index (Phi) is 7.54. The maximum Gasteiger partial charge on any atom is 0.0207 e. The molecule has 0 spiro atoms. The van der Waals surface area contributed by atoms with Crippen LogP contribution in [-0.2, 0) is 6.42 Å². The van der Waals surface area contributed by atoms with Crippen LogP contribution in [-0.4, -0.2) is 6.04 Å². The normalized spacial score (nSPS) is 12.6. The lowest BCUT2D eigenvalue weighted by Crippen LogP contribution is -2.22. The summed E-state index contributed by atoms with van der Waals surface area (Å²) >= 11 is 3.57. The summed E-state index contributed by atoms with van der Waals surface area (Å²) in [7, 11) is 0. The predicted molar refractivity (Wildman–Crippen MR) is 79.2 cm³/mol. The molecule has 1 nitrogen and oxygen atoms in total. The summed E-state index contributed by atoms with van der Waals surface area (Å²) in [5, 5.41) is 0. The average molecular weight is 298 g/mol. The fourth-order valence-corrected chi connectivity index (χ4v) is 2.51. The van der Waals surface area contributed by atoms with Crippen molar-refractivity contribution in [2.75, 3.05) is 0 Å². The van der Waals surface area contributed by atoms with Crippen LogP contribution in [0.1, 0.15) is 51.0 Å². The second-order valence-corrected chi connectivity index (χ2v) is 5.61. The highest BCUT2D eigenvalue weighted by Crippen LogP contribution is 2.18. The highest BCUT2D eigenvalue weighted by molar-refractivity contribution is 9.10. The van der Waals surface area contributed by atoms with Crippen molar-refractivity contribution in [2.45, 2.75) is 57.9 Å². The molecular weight excluding hydrogens is 274 g/mol. The summed E-state index contributed by atoms with van der Waals surface area (Å²) in [6, 6.07) is 8.66. The molecule has 2 heteroatoms. The second kappa shape index (κ2) is 8.71. The van der Waals surface area contributed by atoms with E-state index in [1.54, 1.807) is 0 Å². The molecule has 0 bridgehead atoms. The van der Waals surface area contributed by atoms with Crippen molar-refractivity contribution in [2.24, 2.45) is 5.73 Å². The molecule has 0 saturated carbocycles. The molecule has 96 valence electrons. The molecule has 0 amide bonds. The monoisotopic (exact) mass is 297 g/mol. The van der Waals surface area contributed by atoms with Gasteiger partial charge >= 0.3 is 0 Å². The quantitative estimate of drug-likeness (QED) is 0.693. The third-order valence-electron chi connectivity index (χ3n) is 3.12. The van der Waals surface area contributed by atoms with Crippen molar-refractivity contribution in [1.29, 1.82) is 0 Å². The Morgan fingerprint density at radius 1 is 1.12 bits per heavy atom. The minimum Gasteiger partial charge on any atom is -0.327 e. The van der Waals surface area contributed by atoms with Gasteiger partial charge in [0.25, 0.3) is 0 Å². The molecule has 0 saturated heterocycles. The summed E-state index contributed by atoms with van der Waals surface area (Å²) in [4.78, 5) is 0. The van der Waals surface area contributed by atoms with Gasteiger partial charge in [-0.2, -0.15) is 0 Å². The SMILES string of the molecule is CCCCCCCC(N)Cc1ccccc1Br. The highest BCUT2D eigenvalue weighted by Gasteiger charge is 2.06. The molecule has 0 aliphatic heterocycles. The van der Waals surface area contributed by atoms with Gasteiger partial charge in [0.05, 0.1) is 0 Å². The standard InChI is InChI=1S/C15H24BrN/c1-2-3-4-5-6-10-14(17)12-13-9-7-8-11-15(13)16/h7-9,11,14H,2-6,10,12,17H2,1H3. The zero-order valence-electron chi connectivity index (χ0n) is 10.8. The van der Waals surface area contributed by atoms with E-state index in [2.05, 4.69) is 41.1 Å². The first-order valence-corrected chi connectivity index (χ1v) is 7.52. The molecule has 0 aromatic heterocycles. The van der Waals surface area contributed by atoms with Crippen LogP contribution in [0.2, 0.25) is 0 Å². The van der Waals surface area contributed by atoms with E-state index in [1.807, 2.05) is 6.07 Å². The summed E-state index contributed by atoms with van der Waals surface area (Å²) < 4.78 is 1.18. The van der Waals surface area contributed by atoms with Gasteiger partial charge in [0.1, 0.15) is 0 Å². The Morgan fingerprint density at radius 2 is 1.82 bits per heavy atom. The van der Waals surface area contributed by atoms with E-state index in [0.29, 0.717) is 6.04 Å². The summed E-state index contributed by atoms with van der Waals surface area (Å²) in [5.74, 6) is 0. The van der Waals surface area contributed by atoms with Crippen molar-refractivity contribution in [3.05, 3.63) is 34.3 Å². The van der Waals surface area contributed by atoms with E-state index in [1.165, 1.54) is 42.1 Å². The highest BCUT2D eigenvalue weighted by atomic mass is 79.9. The van der Waals surface area contributed by atoms with Crippen molar-refractivity contribution in [3.63, 3.8) is 0 Å². The number of hydrogen-bond acceptors (Lipinski definition) is 1. The molecule has 0 heterocycles. The molecule has 1 aromatic carbocycles. The maximum atomic E-state index is 6.17. The maximum absolute atomic E-state index is 6.17. The van der Waals surface area contributed by atoms with Crippen LogP contribution in [0.4, 0.5) is 0 Å². The Labute approximate surface area is 114 Å². The Balaban J connectivity index is 2.21. The van der Waals surface area contributed by atoms with Gasteiger partial charge in [0.2, 0.25) is 0 Å². The van der Waals surface area contributed by atoms with E-state index in [9.17, 15) is 0 Å². The molecule has 0 radical (unpaired) electrons. The average Bonchev–Trinajstić information content (AvgIpc) is 2.32. The number of unbranched alkanes of at least 4 members (excludes halogenated alkanes) is 4. The molecule has 1 unspecified atom stereocenters. The van der Waals surface area contributed by atoms with Crippen LogP contribution < -0.4 is 5.73 Å². The van der Waals surface area contributed by atoms with Gasteiger partial charge in [-0.3, -0.25) is 0 Å². The molecule has 2 N–H and O–H groups in total. The lowest BCUT2D eigenvalue weighted by molar-refractivity contribution is 0.538. The van der Waals surface area contributed by atoms with Gasteiger partial charge in [0, 0.05) is 10.5 Å². The summed E-state index contributed by atoms with van der Waals surface area (Å²) in [6.45, 7) is 2.25. The van der Waals surface area contributed by atoms with E-state index >= 15 is 0 Å². The number of hydrogen-bond donors (Lipinski definition) is 1. The molecule has 17 heavy (non-hydrogen) atoms. The second-order valence-electron chi connectivity index (χ2n) is 4.76. The number of rotatable bonds is 8. The van der Waals surface area contributed by atoms with Crippen molar-refractivity contribution in [1.82, 2.24) is 0 Å². The fourth-order valence-electron chi connectivity index (χ4n) is 2.06. The lowest BCUT2D eigenvalue weighted by atomic mass is 10.0. The van der Waals surface area contributed by atoms with E-state index < -0.39 is 0 Å². The van der Waals surface area contributed by atoms with Gasteiger partial charge in [-0.15, -0.1) is 0 Å². The first-order valence-electron chi connectivity index (χ1n) is 6.73. The smallest absolute Gasteiger partial charge is 0.0207 e. The van der Waals surface area contributed by atoms with Crippen LogP contribution >= 0.6 is 15.9 Å². The van der Waals surface area contributed by atoms with Crippen LogP contribution in [0, 0.1) is 0 Å². The molecular formula is C15H24BrN. The van der Waals surface area contributed by atoms with E-state index in [4.69, 9.17) is 5.73 Å². The zero-order valence-corrected chi connectivity index (χ0v) is 12.4. The summed E-state index contributed by atoms with van der Waals surface area (Å²) in [6.07, 6.45) is 8.75. The third-order valence-corrected chi connectivity index (χ3v) is 3.89. The van der Waals surface area contributed by atoms with Crippen LogP contribution in [0.15, 0.2) is 28.7 Å². The first kappa shape index (κ1) is 14.7. The largest absolute Gasteiger partial charge is 0.327 e. The van der Waals surface area contributed by atoms with Crippen molar-refractivity contribution < 1.29 is 0 Å². The topological polar surface area (TPSA) is 26.0 Å².